The Labute approximate surface area is 118 Å². The van der Waals surface area contributed by atoms with Crippen molar-refractivity contribution in [3.8, 4) is 0 Å². The van der Waals surface area contributed by atoms with Crippen molar-refractivity contribution in [1.82, 2.24) is 20.3 Å². The second-order valence-electron chi connectivity index (χ2n) is 5.08. The van der Waals surface area contributed by atoms with Crippen LogP contribution < -0.4 is 5.32 Å². The minimum absolute atomic E-state index is 0.0970. The van der Waals surface area contributed by atoms with Crippen molar-refractivity contribution in [2.24, 2.45) is 0 Å². The summed E-state index contributed by atoms with van der Waals surface area (Å²) in [5.74, 6) is -2.42. The van der Waals surface area contributed by atoms with Crippen molar-refractivity contribution in [3.63, 3.8) is 0 Å². The van der Waals surface area contributed by atoms with Crippen molar-refractivity contribution in [3.05, 3.63) is 11.9 Å². The summed E-state index contributed by atoms with van der Waals surface area (Å²) < 4.78 is 37.8. The van der Waals surface area contributed by atoms with Crippen LogP contribution in [0.5, 0.6) is 0 Å². The van der Waals surface area contributed by atoms with Gasteiger partial charge in [0, 0.05) is 6.04 Å². The summed E-state index contributed by atoms with van der Waals surface area (Å²) in [7, 11) is 0. The molecule has 1 atom stereocenters. The first-order chi connectivity index (χ1) is 9.79. The highest BCUT2D eigenvalue weighted by Crippen LogP contribution is 2.21. The third-order valence-corrected chi connectivity index (χ3v) is 3.48. The van der Waals surface area contributed by atoms with Crippen LogP contribution in [0.2, 0.25) is 0 Å². The molecule has 21 heavy (non-hydrogen) atoms. The summed E-state index contributed by atoms with van der Waals surface area (Å²) in [6.07, 6.45) is -0.272. The minimum atomic E-state index is -5.00. The van der Waals surface area contributed by atoms with Gasteiger partial charge < -0.3 is 5.32 Å². The Kier molecular flexibility index (Phi) is 4.29. The molecule has 0 aromatic carbocycles. The van der Waals surface area contributed by atoms with Gasteiger partial charge in [0.1, 0.15) is 6.04 Å². The molecule has 0 saturated heterocycles. The number of rotatable bonds is 4. The molecule has 1 N–H and O–H groups in total. The molecule has 0 radical (unpaired) electrons. The number of aromatic nitrogens is 3. The van der Waals surface area contributed by atoms with Crippen molar-refractivity contribution in [2.45, 2.75) is 50.9 Å². The fraction of sp³-hybridized carbons (Fsp3) is 0.667. The average Bonchev–Trinajstić information content (AvgIpc) is 3.06. The van der Waals surface area contributed by atoms with Crippen molar-refractivity contribution >= 4 is 11.7 Å². The lowest BCUT2D eigenvalue weighted by Crippen LogP contribution is -2.37. The summed E-state index contributed by atoms with van der Waals surface area (Å²) in [6, 6.07) is -0.729. The normalized spacial score (nSPS) is 17.7. The lowest BCUT2D eigenvalue weighted by Gasteiger charge is -2.16. The van der Waals surface area contributed by atoms with E-state index in [9.17, 15) is 22.8 Å². The van der Waals surface area contributed by atoms with Crippen LogP contribution in [0.3, 0.4) is 0 Å². The van der Waals surface area contributed by atoms with E-state index in [2.05, 4.69) is 15.6 Å². The van der Waals surface area contributed by atoms with Crippen molar-refractivity contribution in [2.75, 3.05) is 0 Å². The Morgan fingerprint density at radius 2 is 2.00 bits per heavy atom. The Morgan fingerprint density at radius 1 is 1.38 bits per heavy atom. The number of hydrogen-bond donors (Lipinski definition) is 1. The lowest BCUT2D eigenvalue weighted by atomic mass is 10.2. The molecule has 2 rings (SSSR count). The van der Waals surface area contributed by atoms with E-state index < -0.39 is 23.7 Å². The molecule has 1 fully saturated rings. The monoisotopic (exact) mass is 304 g/mol. The minimum Gasteiger partial charge on any atom is -0.352 e. The molecule has 1 aliphatic carbocycles. The smallest absolute Gasteiger partial charge is 0.352 e. The number of nitrogens with zero attached hydrogens (tertiary/aromatic N) is 3. The summed E-state index contributed by atoms with van der Waals surface area (Å²) in [5, 5.41) is 9.42. The van der Waals surface area contributed by atoms with E-state index in [1.54, 1.807) is 0 Å². The third kappa shape index (κ3) is 3.59. The zero-order valence-corrected chi connectivity index (χ0v) is 11.4. The quantitative estimate of drug-likeness (QED) is 0.858. The first kappa shape index (κ1) is 15.5. The molecule has 6 nitrogen and oxygen atoms in total. The highest BCUT2D eigenvalue weighted by Gasteiger charge is 2.41. The number of carbonyl (C=O) groups excluding carboxylic acids is 2. The fourth-order valence-electron chi connectivity index (χ4n) is 2.23. The van der Waals surface area contributed by atoms with Gasteiger partial charge in [0.2, 0.25) is 5.91 Å². The zero-order chi connectivity index (χ0) is 15.6. The van der Waals surface area contributed by atoms with Crippen molar-refractivity contribution < 1.29 is 22.8 Å². The third-order valence-electron chi connectivity index (χ3n) is 3.48. The topological polar surface area (TPSA) is 76.9 Å². The molecule has 0 aliphatic heterocycles. The van der Waals surface area contributed by atoms with Crippen LogP contribution in [-0.4, -0.2) is 38.9 Å². The van der Waals surface area contributed by atoms with Crippen LogP contribution in [0.25, 0.3) is 0 Å². The Morgan fingerprint density at radius 3 is 2.57 bits per heavy atom. The number of halogens is 3. The SMILES string of the molecule is CC(C(=O)NC1CCCC1)n1cc(C(=O)C(F)(F)F)nn1. The first-order valence-electron chi connectivity index (χ1n) is 6.63. The van der Waals surface area contributed by atoms with Gasteiger partial charge in [-0.15, -0.1) is 5.10 Å². The maximum Gasteiger partial charge on any atom is 0.456 e. The fourth-order valence-corrected chi connectivity index (χ4v) is 2.23. The predicted octanol–water partition coefficient (Wildman–Crippen LogP) is 1.64. The number of nitrogens with one attached hydrogen (secondary N) is 1. The molecule has 1 unspecified atom stereocenters. The maximum absolute atomic E-state index is 12.3. The van der Waals surface area contributed by atoms with E-state index in [4.69, 9.17) is 0 Å². The van der Waals surface area contributed by atoms with E-state index >= 15 is 0 Å². The van der Waals surface area contributed by atoms with Crippen LogP contribution in [0.15, 0.2) is 6.20 Å². The zero-order valence-electron chi connectivity index (χ0n) is 11.4. The average molecular weight is 304 g/mol. The number of ketones is 1. The van der Waals surface area contributed by atoms with Crippen LogP contribution in [0, 0.1) is 0 Å². The summed E-state index contributed by atoms with van der Waals surface area (Å²) >= 11 is 0. The van der Waals surface area contributed by atoms with E-state index in [1.165, 1.54) is 6.92 Å². The van der Waals surface area contributed by atoms with Crippen molar-refractivity contribution in [1.29, 1.82) is 0 Å². The number of alkyl halides is 3. The molecule has 116 valence electrons. The van der Waals surface area contributed by atoms with Gasteiger partial charge in [0.25, 0.3) is 5.78 Å². The van der Waals surface area contributed by atoms with E-state index in [0.717, 1.165) is 36.6 Å². The largest absolute Gasteiger partial charge is 0.456 e. The molecule has 1 aliphatic rings. The molecule has 1 amide bonds. The van der Waals surface area contributed by atoms with Gasteiger partial charge in [0.15, 0.2) is 5.69 Å². The van der Waals surface area contributed by atoms with Crippen LogP contribution >= 0.6 is 0 Å². The highest BCUT2D eigenvalue weighted by molar-refractivity contribution is 5.98. The molecule has 1 aromatic rings. The number of hydrogen-bond acceptors (Lipinski definition) is 4. The second-order valence-corrected chi connectivity index (χ2v) is 5.08. The summed E-state index contributed by atoms with van der Waals surface area (Å²) in [6.45, 7) is 1.49. The summed E-state index contributed by atoms with van der Waals surface area (Å²) in [5.41, 5.74) is -0.817. The standard InChI is InChI=1S/C12H15F3N4O2/c1-7(11(21)16-8-4-2-3-5-8)19-6-9(17-18-19)10(20)12(13,14)15/h6-8H,2-5H2,1H3,(H,16,21). The first-order valence-corrected chi connectivity index (χ1v) is 6.63. The molecule has 0 spiro atoms. The molecular weight excluding hydrogens is 289 g/mol. The van der Waals surface area contributed by atoms with Crippen LogP contribution in [0.1, 0.15) is 49.1 Å². The molecular formula is C12H15F3N4O2. The van der Waals surface area contributed by atoms with E-state index in [1.807, 2.05) is 0 Å². The summed E-state index contributed by atoms with van der Waals surface area (Å²) in [4.78, 5) is 23.0. The molecule has 1 heterocycles. The Bertz CT molecular complexity index is 535. The lowest BCUT2D eigenvalue weighted by molar-refractivity contribution is -0.124. The molecule has 1 saturated carbocycles. The predicted molar refractivity (Wildman–Crippen MR) is 65.5 cm³/mol. The number of amides is 1. The Balaban J connectivity index is 2.02. The van der Waals surface area contributed by atoms with Gasteiger partial charge in [-0.3, -0.25) is 9.59 Å². The van der Waals surface area contributed by atoms with Gasteiger partial charge in [0.05, 0.1) is 6.20 Å². The number of carbonyl (C=O) groups is 2. The Hall–Kier alpha value is -1.93. The van der Waals surface area contributed by atoms with Gasteiger partial charge in [-0.05, 0) is 19.8 Å². The number of Topliss-reactive ketones (excluding diaryl/α,β-unsaturated/α-hetero) is 1. The van der Waals surface area contributed by atoms with Gasteiger partial charge in [-0.25, -0.2) is 4.68 Å². The van der Waals surface area contributed by atoms with Crippen LogP contribution in [-0.2, 0) is 4.79 Å². The maximum atomic E-state index is 12.3. The highest BCUT2D eigenvalue weighted by atomic mass is 19.4. The molecule has 1 aromatic heterocycles. The van der Waals surface area contributed by atoms with E-state index in [0.29, 0.717) is 0 Å². The van der Waals surface area contributed by atoms with Crippen LogP contribution in [0.4, 0.5) is 13.2 Å². The molecule has 9 heteroatoms. The van der Waals surface area contributed by atoms with E-state index in [-0.39, 0.29) is 11.9 Å². The van der Waals surface area contributed by atoms with Gasteiger partial charge in [-0.2, -0.15) is 13.2 Å². The molecule has 0 bridgehead atoms. The van der Waals surface area contributed by atoms with Gasteiger partial charge >= 0.3 is 6.18 Å². The van der Waals surface area contributed by atoms with Gasteiger partial charge in [-0.1, -0.05) is 18.1 Å². The second kappa shape index (κ2) is 5.82.